The number of nitrogens with two attached hydrogens (primary N) is 1. The fraction of sp³-hybridized carbons (Fsp3) is 0.462. The molecular weight excluding hydrogens is 236 g/mol. The average Bonchev–Trinajstić information content (AvgIpc) is 2.29. The fourth-order valence-electron chi connectivity index (χ4n) is 1.61. The zero-order chi connectivity index (χ0) is 12.8. The average molecular weight is 255 g/mol. The number of nitrogen functional groups attached to an aromatic ring is 1. The van der Waals surface area contributed by atoms with Gasteiger partial charge in [0.25, 0.3) is 5.91 Å². The van der Waals surface area contributed by atoms with Gasteiger partial charge in [-0.2, -0.15) is 0 Å². The third-order valence-corrected chi connectivity index (χ3v) is 3.06. The molecule has 0 aliphatic carbocycles. The normalized spacial score (nSPS) is 12.2. The Hall–Kier alpha value is -1.22. The molecule has 0 saturated carbocycles. The van der Waals surface area contributed by atoms with Gasteiger partial charge in [-0.3, -0.25) is 4.79 Å². The van der Waals surface area contributed by atoms with E-state index in [1.807, 2.05) is 6.92 Å². The van der Waals surface area contributed by atoms with E-state index >= 15 is 0 Å². The van der Waals surface area contributed by atoms with Crippen LogP contribution in [0.5, 0.6) is 0 Å². The fourth-order valence-corrected chi connectivity index (χ4v) is 1.82. The molecule has 0 radical (unpaired) electrons. The standard InChI is InChI=1S/C13H19ClN2O/c1-3-4-6-9(2)16-13(17)10-7-5-8-11(15)12(10)14/h5,7-9H,3-4,6,15H2,1-2H3,(H,16,17). The quantitative estimate of drug-likeness (QED) is 0.793. The zero-order valence-electron chi connectivity index (χ0n) is 10.3. The summed E-state index contributed by atoms with van der Waals surface area (Å²) in [6.45, 7) is 4.12. The number of hydrogen-bond donors (Lipinski definition) is 2. The summed E-state index contributed by atoms with van der Waals surface area (Å²) >= 11 is 5.99. The Bertz CT molecular complexity index is 393. The first-order valence-corrected chi connectivity index (χ1v) is 6.29. The van der Waals surface area contributed by atoms with Gasteiger partial charge in [0.15, 0.2) is 0 Å². The van der Waals surface area contributed by atoms with E-state index in [2.05, 4.69) is 12.2 Å². The van der Waals surface area contributed by atoms with Crippen molar-refractivity contribution in [2.45, 2.75) is 39.2 Å². The van der Waals surface area contributed by atoms with Crippen LogP contribution in [-0.2, 0) is 0 Å². The topological polar surface area (TPSA) is 55.1 Å². The lowest BCUT2D eigenvalue weighted by molar-refractivity contribution is 0.0938. The molecule has 17 heavy (non-hydrogen) atoms. The number of hydrogen-bond acceptors (Lipinski definition) is 2. The van der Waals surface area contributed by atoms with Crippen LogP contribution < -0.4 is 11.1 Å². The Morgan fingerprint density at radius 2 is 2.24 bits per heavy atom. The van der Waals surface area contributed by atoms with E-state index in [1.54, 1.807) is 18.2 Å². The summed E-state index contributed by atoms with van der Waals surface area (Å²) in [4.78, 5) is 11.9. The molecule has 0 aliphatic heterocycles. The molecule has 3 nitrogen and oxygen atoms in total. The van der Waals surface area contributed by atoms with Crippen molar-refractivity contribution < 1.29 is 4.79 Å². The van der Waals surface area contributed by atoms with Gasteiger partial charge in [-0.05, 0) is 25.5 Å². The number of benzene rings is 1. The van der Waals surface area contributed by atoms with Crippen molar-refractivity contribution in [1.82, 2.24) is 5.32 Å². The molecule has 94 valence electrons. The van der Waals surface area contributed by atoms with Crippen molar-refractivity contribution in [3.8, 4) is 0 Å². The molecule has 1 aromatic carbocycles. The van der Waals surface area contributed by atoms with E-state index in [4.69, 9.17) is 17.3 Å². The molecule has 0 saturated heterocycles. The Balaban J connectivity index is 2.67. The molecule has 0 aromatic heterocycles. The predicted octanol–water partition coefficient (Wildman–Crippen LogP) is 3.23. The molecular formula is C13H19ClN2O. The highest BCUT2D eigenvalue weighted by molar-refractivity contribution is 6.36. The van der Waals surface area contributed by atoms with Gasteiger partial charge in [0.05, 0.1) is 16.3 Å². The Kier molecular flexibility index (Phi) is 5.29. The summed E-state index contributed by atoms with van der Waals surface area (Å²) in [5.74, 6) is -0.161. The highest BCUT2D eigenvalue weighted by Gasteiger charge is 2.13. The predicted molar refractivity (Wildman–Crippen MR) is 72.3 cm³/mol. The maximum atomic E-state index is 11.9. The largest absolute Gasteiger partial charge is 0.398 e. The van der Waals surface area contributed by atoms with Gasteiger partial charge in [0.1, 0.15) is 0 Å². The first-order valence-electron chi connectivity index (χ1n) is 5.91. The highest BCUT2D eigenvalue weighted by atomic mass is 35.5. The van der Waals surface area contributed by atoms with Crippen molar-refractivity contribution in [2.24, 2.45) is 0 Å². The highest BCUT2D eigenvalue weighted by Crippen LogP contribution is 2.23. The van der Waals surface area contributed by atoms with E-state index < -0.39 is 0 Å². The van der Waals surface area contributed by atoms with Crippen LogP contribution in [-0.4, -0.2) is 11.9 Å². The molecule has 1 rings (SSSR count). The van der Waals surface area contributed by atoms with Gasteiger partial charge in [-0.25, -0.2) is 0 Å². The zero-order valence-corrected chi connectivity index (χ0v) is 11.1. The van der Waals surface area contributed by atoms with Crippen molar-refractivity contribution in [3.05, 3.63) is 28.8 Å². The smallest absolute Gasteiger partial charge is 0.253 e. The van der Waals surface area contributed by atoms with Gasteiger partial charge < -0.3 is 11.1 Å². The van der Waals surface area contributed by atoms with E-state index in [0.29, 0.717) is 16.3 Å². The first-order chi connectivity index (χ1) is 8.06. The van der Waals surface area contributed by atoms with Crippen molar-refractivity contribution in [3.63, 3.8) is 0 Å². The minimum atomic E-state index is -0.161. The van der Waals surface area contributed by atoms with Gasteiger partial charge in [0, 0.05) is 6.04 Å². The molecule has 0 spiro atoms. The molecule has 0 fully saturated rings. The Labute approximate surface area is 107 Å². The van der Waals surface area contributed by atoms with Crippen molar-refractivity contribution in [2.75, 3.05) is 5.73 Å². The van der Waals surface area contributed by atoms with Gasteiger partial charge >= 0.3 is 0 Å². The molecule has 1 amide bonds. The minimum Gasteiger partial charge on any atom is -0.398 e. The SMILES string of the molecule is CCCCC(C)NC(=O)c1cccc(N)c1Cl. The number of unbranched alkanes of at least 4 members (excludes halogenated alkanes) is 1. The second-order valence-electron chi connectivity index (χ2n) is 4.23. The van der Waals surface area contributed by atoms with E-state index in [9.17, 15) is 4.79 Å². The molecule has 0 heterocycles. The van der Waals surface area contributed by atoms with Crippen LogP contribution in [0.3, 0.4) is 0 Å². The van der Waals surface area contributed by atoms with Crippen LogP contribution in [0.15, 0.2) is 18.2 Å². The van der Waals surface area contributed by atoms with Crippen molar-refractivity contribution in [1.29, 1.82) is 0 Å². The number of anilines is 1. The van der Waals surface area contributed by atoms with Crippen LogP contribution in [0.25, 0.3) is 0 Å². The Morgan fingerprint density at radius 3 is 2.88 bits per heavy atom. The summed E-state index contributed by atoms with van der Waals surface area (Å²) in [5.41, 5.74) is 6.53. The van der Waals surface area contributed by atoms with Gasteiger partial charge in [-0.15, -0.1) is 0 Å². The number of carbonyl (C=O) groups excluding carboxylic acids is 1. The van der Waals surface area contributed by atoms with Crippen LogP contribution >= 0.6 is 11.6 Å². The van der Waals surface area contributed by atoms with Gasteiger partial charge in [0.2, 0.25) is 0 Å². The second-order valence-corrected chi connectivity index (χ2v) is 4.60. The number of amides is 1. The Morgan fingerprint density at radius 1 is 1.53 bits per heavy atom. The first kappa shape index (κ1) is 13.8. The molecule has 1 aromatic rings. The monoisotopic (exact) mass is 254 g/mol. The number of halogens is 1. The summed E-state index contributed by atoms with van der Waals surface area (Å²) in [6, 6.07) is 5.24. The van der Waals surface area contributed by atoms with Gasteiger partial charge in [-0.1, -0.05) is 37.4 Å². The van der Waals surface area contributed by atoms with Crippen LogP contribution in [0.2, 0.25) is 5.02 Å². The van der Waals surface area contributed by atoms with E-state index in [-0.39, 0.29) is 11.9 Å². The third kappa shape index (κ3) is 3.93. The molecule has 0 bridgehead atoms. The van der Waals surface area contributed by atoms with Crippen LogP contribution in [0.1, 0.15) is 43.5 Å². The second kappa shape index (κ2) is 6.50. The number of rotatable bonds is 5. The van der Waals surface area contributed by atoms with E-state index in [0.717, 1.165) is 19.3 Å². The van der Waals surface area contributed by atoms with Crippen molar-refractivity contribution >= 4 is 23.2 Å². The molecule has 4 heteroatoms. The molecule has 1 unspecified atom stereocenters. The maximum Gasteiger partial charge on any atom is 0.253 e. The summed E-state index contributed by atoms with van der Waals surface area (Å²) in [7, 11) is 0. The summed E-state index contributed by atoms with van der Waals surface area (Å²) in [5, 5.41) is 3.25. The molecule has 0 aliphatic rings. The van der Waals surface area contributed by atoms with Crippen LogP contribution in [0, 0.1) is 0 Å². The number of nitrogens with one attached hydrogen (secondary N) is 1. The number of carbonyl (C=O) groups is 1. The minimum absolute atomic E-state index is 0.153. The molecule has 1 atom stereocenters. The van der Waals surface area contributed by atoms with Crippen LogP contribution in [0.4, 0.5) is 5.69 Å². The summed E-state index contributed by atoms with van der Waals surface area (Å²) < 4.78 is 0. The summed E-state index contributed by atoms with van der Waals surface area (Å²) in [6.07, 6.45) is 3.20. The van der Waals surface area contributed by atoms with E-state index in [1.165, 1.54) is 0 Å². The lowest BCUT2D eigenvalue weighted by atomic mass is 10.1. The maximum absolute atomic E-state index is 11.9. The molecule has 3 N–H and O–H groups in total. The lowest BCUT2D eigenvalue weighted by Gasteiger charge is -2.14. The lowest BCUT2D eigenvalue weighted by Crippen LogP contribution is -2.32. The third-order valence-electron chi connectivity index (χ3n) is 2.64.